The Morgan fingerprint density at radius 3 is 2.24 bits per heavy atom. The van der Waals surface area contributed by atoms with E-state index in [1.165, 1.54) is 18.2 Å². The molecule has 2 aromatic rings. The summed E-state index contributed by atoms with van der Waals surface area (Å²) in [5.74, 6) is 0.299. The first-order valence-electron chi connectivity index (χ1n) is 7.76. The van der Waals surface area contributed by atoms with Crippen LogP contribution in [0.1, 0.15) is 5.56 Å². The second kappa shape index (κ2) is 11.6. The predicted octanol–water partition coefficient (Wildman–Crippen LogP) is 3.37. The Balaban J connectivity index is 0.00000312. The molecule has 0 fully saturated rings. The number of ether oxygens (including phenoxy) is 1. The second-order valence-corrected chi connectivity index (χ2v) is 5.04. The molecule has 0 amide bonds. The van der Waals surface area contributed by atoms with Crippen LogP contribution in [0.5, 0.6) is 5.75 Å². The van der Waals surface area contributed by atoms with E-state index >= 15 is 0 Å². The molecule has 0 radical (unpaired) electrons. The zero-order valence-corrected chi connectivity index (χ0v) is 16.3. The van der Waals surface area contributed by atoms with Crippen LogP contribution in [0.15, 0.2) is 53.5 Å². The molecule has 2 N–H and O–H groups in total. The molecule has 0 unspecified atom stereocenters. The Kier molecular flexibility index (Phi) is 9.83. The summed E-state index contributed by atoms with van der Waals surface area (Å²) in [4.78, 5) is 4.06. The third kappa shape index (κ3) is 7.25. The maximum absolute atomic E-state index is 13.5. The van der Waals surface area contributed by atoms with E-state index in [0.29, 0.717) is 25.7 Å². The molecule has 25 heavy (non-hydrogen) atoms. The van der Waals surface area contributed by atoms with Crippen molar-refractivity contribution in [3.63, 3.8) is 0 Å². The van der Waals surface area contributed by atoms with Gasteiger partial charge in [-0.05, 0) is 30.7 Å². The van der Waals surface area contributed by atoms with E-state index in [-0.39, 0.29) is 36.0 Å². The fourth-order valence-corrected chi connectivity index (χ4v) is 2.15. The minimum atomic E-state index is -0.531. The lowest BCUT2D eigenvalue weighted by Crippen LogP contribution is -2.40. The van der Waals surface area contributed by atoms with Gasteiger partial charge < -0.3 is 15.4 Å². The molecule has 2 aromatic carbocycles. The Bertz CT molecular complexity index is 648. The summed E-state index contributed by atoms with van der Waals surface area (Å²) in [7, 11) is 1.64. The lowest BCUT2D eigenvalue weighted by molar-refractivity contribution is 0.322. The van der Waals surface area contributed by atoms with Crippen LogP contribution in [-0.2, 0) is 6.42 Å². The maximum Gasteiger partial charge on any atom is 0.191 e. The largest absolute Gasteiger partial charge is 0.492 e. The molecule has 0 aliphatic carbocycles. The molecule has 0 aromatic heterocycles. The average Bonchev–Trinajstić information content (AvgIpc) is 2.60. The number of aliphatic imine (C=N–C) groups is 1. The number of benzene rings is 2. The number of nitrogens with zero attached hydrogens (tertiary/aromatic N) is 1. The van der Waals surface area contributed by atoms with Crippen LogP contribution in [-0.4, -0.2) is 32.7 Å². The SMILES string of the molecule is CN=C(NCCOc1ccccc1)NCCc1c(F)cccc1F.I. The standard InChI is InChI=1S/C18H21F2N3O.HI/c1-21-18(23-12-13-24-14-6-3-2-4-7-14)22-11-10-15-16(19)8-5-9-17(15)20;/h2-9H,10-13H2,1H3,(H2,21,22,23);1H. The molecule has 0 saturated heterocycles. The molecule has 0 spiro atoms. The fraction of sp³-hybridized carbons (Fsp3) is 0.278. The van der Waals surface area contributed by atoms with E-state index in [1.54, 1.807) is 7.05 Å². The lowest BCUT2D eigenvalue weighted by Gasteiger charge is -2.13. The van der Waals surface area contributed by atoms with Crippen molar-refractivity contribution in [3.8, 4) is 5.75 Å². The zero-order chi connectivity index (χ0) is 17.2. The summed E-state index contributed by atoms with van der Waals surface area (Å²) in [6.07, 6.45) is 0.236. The van der Waals surface area contributed by atoms with Crippen LogP contribution in [0.4, 0.5) is 8.78 Å². The zero-order valence-electron chi connectivity index (χ0n) is 14.0. The smallest absolute Gasteiger partial charge is 0.191 e. The maximum atomic E-state index is 13.5. The normalized spacial score (nSPS) is 10.8. The van der Waals surface area contributed by atoms with Gasteiger partial charge >= 0.3 is 0 Å². The molecule has 0 aliphatic rings. The van der Waals surface area contributed by atoms with Crippen LogP contribution >= 0.6 is 24.0 Å². The van der Waals surface area contributed by atoms with E-state index in [4.69, 9.17) is 4.74 Å². The highest BCUT2D eigenvalue weighted by molar-refractivity contribution is 14.0. The van der Waals surface area contributed by atoms with Crippen molar-refractivity contribution in [2.45, 2.75) is 6.42 Å². The van der Waals surface area contributed by atoms with Crippen molar-refractivity contribution in [1.29, 1.82) is 0 Å². The summed E-state index contributed by atoms with van der Waals surface area (Å²) in [5, 5.41) is 6.10. The minimum absolute atomic E-state index is 0. The van der Waals surface area contributed by atoms with Crippen molar-refractivity contribution >= 4 is 29.9 Å². The van der Waals surface area contributed by atoms with Gasteiger partial charge in [0.15, 0.2) is 5.96 Å². The molecule has 0 saturated carbocycles. The molecule has 136 valence electrons. The number of halogens is 3. The lowest BCUT2D eigenvalue weighted by atomic mass is 10.1. The van der Waals surface area contributed by atoms with Gasteiger partial charge in [0.1, 0.15) is 24.0 Å². The van der Waals surface area contributed by atoms with E-state index in [2.05, 4.69) is 15.6 Å². The first-order valence-corrected chi connectivity index (χ1v) is 7.76. The van der Waals surface area contributed by atoms with Crippen LogP contribution < -0.4 is 15.4 Å². The molecule has 7 heteroatoms. The first kappa shape index (κ1) is 21.1. The van der Waals surface area contributed by atoms with Crippen molar-refractivity contribution in [2.24, 2.45) is 4.99 Å². The van der Waals surface area contributed by atoms with Gasteiger partial charge in [-0.15, -0.1) is 24.0 Å². The Labute approximate surface area is 163 Å². The summed E-state index contributed by atoms with van der Waals surface area (Å²) < 4.78 is 32.6. The van der Waals surface area contributed by atoms with E-state index < -0.39 is 11.6 Å². The molecule has 0 heterocycles. The van der Waals surface area contributed by atoms with Gasteiger partial charge in [-0.25, -0.2) is 8.78 Å². The van der Waals surface area contributed by atoms with E-state index in [1.807, 2.05) is 30.3 Å². The van der Waals surface area contributed by atoms with Crippen LogP contribution in [0.25, 0.3) is 0 Å². The summed E-state index contributed by atoms with van der Waals surface area (Å²) >= 11 is 0. The predicted molar refractivity (Wildman–Crippen MR) is 107 cm³/mol. The molecule has 4 nitrogen and oxygen atoms in total. The average molecular weight is 461 g/mol. The summed E-state index contributed by atoms with van der Waals surface area (Å²) in [6, 6.07) is 13.4. The highest BCUT2D eigenvalue weighted by Gasteiger charge is 2.08. The Hall–Kier alpha value is -1.90. The van der Waals surface area contributed by atoms with Gasteiger partial charge in [-0.3, -0.25) is 4.99 Å². The van der Waals surface area contributed by atoms with Crippen LogP contribution in [0.3, 0.4) is 0 Å². The molecule has 0 aliphatic heterocycles. The Morgan fingerprint density at radius 2 is 1.60 bits per heavy atom. The van der Waals surface area contributed by atoms with Crippen LogP contribution in [0, 0.1) is 11.6 Å². The number of para-hydroxylation sites is 1. The van der Waals surface area contributed by atoms with Gasteiger partial charge in [0, 0.05) is 19.2 Å². The molecular weight excluding hydrogens is 439 g/mol. The molecule has 0 bridgehead atoms. The van der Waals surface area contributed by atoms with Gasteiger partial charge in [-0.2, -0.15) is 0 Å². The highest BCUT2D eigenvalue weighted by Crippen LogP contribution is 2.12. The Morgan fingerprint density at radius 1 is 0.960 bits per heavy atom. The van der Waals surface area contributed by atoms with Crippen LogP contribution in [0.2, 0.25) is 0 Å². The third-order valence-electron chi connectivity index (χ3n) is 3.36. The highest BCUT2D eigenvalue weighted by atomic mass is 127. The van der Waals surface area contributed by atoms with Gasteiger partial charge in [0.05, 0.1) is 6.54 Å². The number of hydrogen-bond donors (Lipinski definition) is 2. The monoisotopic (exact) mass is 461 g/mol. The number of hydrogen-bond acceptors (Lipinski definition) is 2. The minimum Gasteiger partial charge on any atom is -0.492 e. The van der Waals surface area contributed by atoms with Crippen molar-refractivity contribution in [2.75, 3.05) is 26.7 Å². The number of guanidine groups is 1. The topological polar surface area (TPSA) is 45.7 Å². The van der Waals surface area contributed by atoms with E-state index in [9.17, 15) is 8.78 Å². The first-order chi connectivity index (χ1) is 11.7. The number of nitrogens with one attached hydrogen (secondary N) is 2. The third-order valence-corrected chi connectivity index (χ3v) is 3.36. The summed E-state index contributed by atoms with van der Waals surface area (Å²) in [5.41, 5.74) is 0.0767. The van der Waals surface area contributed by atoms with Crippen molar-refractivity contribution in [3.05, 3.63) is 65.7 Å². The van der Waals surface area contributed by atoms with Crippen molar-refractivity contribution in [1.82, 2.24) is 10.6 Å². The molecule has 0 atom stereocenters. The second-order valence-electron chi connectivity index (χ2n) is 5.04. The summed E-state index contributed by atoms with van der Waals surface area (Å²) in [6.45, 7) is 1.41. The molecule has 2 rings (SSSR count). The van der Waals surface area contributed by atoms with E-state index in [0.717, 1.165) is 5.75 Å². The van der Waals surface area contributed by atoms with Gasteiger partial charge in [0.2, 0.25) is 0 Å². The van der Waals surface area contributed by atoms with Crippen molar-refractivity contribution < 1.29 is 13.5 Å². The van der Waals surface area contributed by atoms with Gasteiger partial charge in [-0.1, -0.05) is 24.3 Å². The fourth-order valence-electron chi connectivity index (χ4n) is 2.15. The number of rotatable bonds is 7. The quantitative estimate of drug-likeness (QED) is 0.288. The van der Waals surface area contributed by atoms with Gasteiger partial charge in [0.25, 0.3) is 0 Å². The molecular formula is C18H22F2IN3O.